The Morgan fingerprint density at radius 2 is 2.23 bits per heavy atom. The van der Waals surface area contributed by atoms with Gasteiger partial charge in [-0.25, -0.2) is 4.98 Å². The molecule has 2 aromatic rings. The molecule has 0 aliphatic carbocycles. The molecule has 2 N–H and O–H groups in total. The van der Waals surface area contributed by atoms with Crippen LogP contribution in [0.1, 0.15) is 0 Å². The lowest BCUT2D eigenvalue weighted by Crippen LogP contribution is -1.91. The lowest BCUT2D eigenvalue weighted by atomic mass is 10.2. The summed E-state index contributed by atoms with van der Waals surface area (Å²) in [5.41, 5.74) is 6.77. The van der Waals surface area contributed by atoms with Gasteiger partial charge in [-0.05, 0) is 33.4 Å². The van der Waals surface area contributed by atoms with Crippen LogP contribution in [0, 0.1) is 0 Å². The smallest absolute Gasteiger partial charge is 0.138 e. The van der Waals surface area contributed by atoms with E-state index in [9.17, 15) is 0 Å². The summed E-state index contributed by atoms with van der Waals surface area (Å²) < 4.78 is 0.873. The number of thiophene rings is 1. The number of hydrogen-bond donors (Lipinski definition) is 1. The molecule has 2 rings (SSSR count). The molecule has 66 valence electrons. The third-order valence-electron chi connectivity index (χ3n) is 1.70. The second kappa shape index (κ2) is 3.47. The van der Waals surface area contributed by atoms with Gasteiger partial charge in [-0.3, -0.25) is 0 Å². The number of nitrogens with two attached hydrogens (primary N) is 1. The van der Waals surface area contributed by atoms with Gasteiger partial charge >= 0.3 is 0 Å². The van der Waals surface area contributed by atoms with Crippen LogP contribution >= 0.6 is 27.3 Å². The van der Waals surface area contributed by atoms with Crippen LogP contribution in [-0.4, -0.2) is 4.98 Å². The third kappa shape index (κ3) is 1.59. The second-order valence-corrected chi connectivity index (χ2v) is 4.28. The largest absolute Gasteiger partial charge is 0.383 e. The molecule has 0 fully saturated rings. The molecule has 0 aromatic carbocycles. The zero-order valence-electron chi connectivity index (χ0n) is 6.70. The molecule has 2 nitrogen and oxygen atoms in total. The van der Waals surface area contributed by atoms with Gasteiger partial charge in [0.25, 0.3) is 0 Å². The lowest BCUT2D eigenvalue weighted by Gasteiger charge is -2.02. The number of anilines is 1. The highest BCUT2D eigenvalue weighted by atomic mass is 79.9. The molecule has 0 spiro atoms. The van der Waals surface area contributed by atoms with Crippen LogP contribution in [-0.2, 0) is 0 Å². The molecular formula is C9H7BrN2S. The number of rotatable bonds is 1. The van der Waals surface area contributed by atoms with Crippen molar-refractivity contribution < 1.29 is 0 Å². The van der Waals surface area contributed by atoms with E-state index >= 15 is 0 Å². The van der Waals surface area contributed by atoms with Gasteiger partial charge in [0.2, 0.25) is 0 Å². The Hall–Kier alpha value is -0.870. The first-order chi connectivity index (χ1) is 6.29. The van der Waals surface area contributed by atoms with Gasteiger partial charge < -0.3 is 5.73 Å². The van der Waals surface area contributed by atoms with Crippen molar-refractivity contribution in [3.63, 3.8) is 0 Å². The number of pyridine rings is 1. The number of nitrogen functional groups attached to an aromatic ring is 1. The molecule has 0 aliphatic rings. The normalized spacial score (nSPS) is 10.2. The van der Waals surface area contributed by atoms with Crippen LogP contribution in [0.15, 0.2) is 34.2 Å². The van der Waals surface area contributed by atoms with E-state index in [4.69, 9.17) is 5.73 Å². The van der Waals surface area contributed by atoms with Crippen molar-refractivity contribution in [2.75, 3.05) is 5.73 Å². The Bertz CT molecular complexity index is 412. The van der Waals surface area contributed by atoms with E-state index in [1.165, 1.54) is 4.88 Å². The van der Waals surface area contributed by atoms with E-state index < -0.39 is 0 Å². The highest BCUT2D eigenvalue weighted by Gasteiger charge is 2.06. The Balaban J connectivity index is 2.59. The fraction of sp³-hybridized carbons (Fsp3) is 0. The van der Waals surface area contributed by atoms with Gasteiger partial charge in [0.05, 0.1) is 4.47 Å². The molecule has 0 saturated heterocycles. The van der Waals surface area contributed by atoms with Crippen LogP contribution in [0.2, 0.25) is 0 Å². The van der Waals surface area contributed by atoms with Crippen LogP contribution in [0.4, 0.5) is 5.82 Å². The van der Waals surface area contributed by atoms with Crippen LogP contribution in [0.5, 0.6) is 0 Å². The maximum absolute atomic E-state index is 5.67. The van der Waals surface area contributed by atoms with E-state index in [-0.39, 0.29) is 0 Å². The molecule has 2 heterocycles. The molecule has 0 bridgehead atoms. The minimum atomic E-state index is 0.533. The van der Waals surface area contributed by atoms with Gasteiger partial charge in [0.15, 0.2) is 0 Å². The van der Waals surface area contributed by atoms with Crippen LogP contribution in [0.3, 0.4) is 0 Å². The summed E-state index contributed by atoms with van der Waals surface area (Å²) in [6.07, 6.45) is 1.72. The van der Waals surface area contributed by atoms with Crippen LogP contribution < -0.4 is 5.73 Å². The Labute approximate surface area is 88.6 Å². The van der Waals surface area contributed by atoms with E-state index in [1.807, 2.05) is 17.5 Å². The molecule has 0 saturated carbocycles. The topological polar surface area (TPSA) is 38.9 Å². The summed E-state index contributed by atoms with van der Waals surface area (Å²) >= 11 is 5.11. The standard InChI is InChI=1S/C9H7BrN2S/c10-8-6(3-4-12-9(8)11)7-2-1-5-13-7/h1-5H,(H2,11,12). The number of hydrogen-bond acceptors (Lipinski definition) is 3. The van der Waals surface area contributed by atoms with E-state index in [2.05, 4.69) is 27.0 Å². The number of aromatic nitrogens is 1. The predicted molar refractivity (Wildman–Crippen MR) is 59.7 cm³/mol. The third-order valence-corrected chi connectivity index (χ3v) is 3.44. The maximum atomic E-state index is 5.67. The molecule has 2 aromatic heterocycles. The van der Waals surface area contributed by atoms with Crippen molar-refractivity contribution in [1.82, 2.24) is 4.98 Å². The van der Waals surface area contributed by atoms with Crippen LogP contribution in [0.25, 0.3) is 10.4 Å². The van der Waals surface area contributed by atoms with Crippen molar-refractivity contribution in [2.24, 2.45) is 0 Å². The Morgan fingerprint density at radius 1 is 1.38 bits per heavy atom. The zero-order valence-corrected chi connectivity index (χ0v) is 9.10. The van der Waals surface area contributed by atoms with Crippen molar-refractivity contribution in [3.05, 3.63) is 34.2 Å². The molecule has 0 aliphatic heterocycles. The van der Waals surface area contributed by atoms with E-state index in [0.29, 0.717) is 5.82 Å². The van der Waals surface area contributed by atoms with Crippen molar-refractivity contribution in [1.29, 1.82) is 0 Å². The quantitative estimate of drug-likeness (QED) is 0.850. The van der Waals surface area contributed by atoms with Gasteiger partial charge in [-0.2, -0.15) is 0 Å². The predicted octanol–water partition coefficient (Wildman–Crippen LogP) is 3.15. The Kier molecular flexibility index (Phi) is 2.33. The van der Waals surface area contributed by atoms with E-state index in [0.717, 1.165) is 10.0 Å². The SMILES string of the molecule is Nc1nccc(-c2cccs2)c1Br. The highest BCUT2D eigenvalue weighted by Crippen LogP contribution is 2.33. The average molecular weight is 255 g/mol. The molecule has 13 heavy (non-hydrogen) atoms. The summed E-state index contributed by atoms with van der Waals surface area (Å²) in [5, 5.41) is 2.04. The molecule has 0 unspecified atom stereocenters. The number of halogens is 1. The van der Waals surface area contributed by atoms with Gasteiger partial charge in [0, 0.05) is 16.6 Å². The number of nitrogens with zero attached hydrogens (tertiary/aromatic N) is 1. The fourth-order valence-corrected chi connectivity index (χ4v) is 2.42. The van der Waals surface area contributed by atoms with Crippen molar-refractivity contribution in [3.8, 4) is 10.4 Å². The summed E-state index contributed by atoms with van der Waals surface area (Å²) in [5.74, 6) is 0.533. The second-order valence-electron chi connectivity index (χ2n) is 2.54. The summed E-state index contributed by atoms with van der Waals surface area (Å²) in [4.78, 5) is 5.18. The van der Waals surface area contributed by atoms with Gasteiger partial charge in [-0.1, -0.05) is 6.07 Å². The first kappa shape index (κ1) is 8.72. The van der Waals surface area contributed by atoms with Crippen molar-refractivity contribution >= 4 is 33.1 Å². The highest BCUT2D eigenvalue weighted by molar-refractivity contribution is 9.10. The van der Waals surface area contributed by atoms with Crippen molar-refractivity contribution in [2.45, 2.75) is 0 Å². The average Bonchev–Trinajstić information content (AvgIpc) is 2.62. The fourth-order valence-electron chi connectivity index (χ4n) is 1.08. The monoisotopic (exact) mass is 254 g/mol. The first-order valence-corrected chi connectivity index (χ1v) is 5.40. The Morgan fingerprint density at radius 3 is 2.92 bits per heavy atom. The molecule has 0 radical (unpaired) electrons. The first-order valence-electron chi connectivity index (χ1n) is 3.73. The summed E-state index contributed by atoms with van der Waals surface area (Å²) in [7, 11) is 0. The minimum Gasteiger partial charge on any atom is -0.383 e. The lowest BCUT2D eigenvalue weighted by molar-refractivity contribution is 1.32. The summed E-state index contributed by atoms with van der Waals surface area (Å²) in [6, 6.07) is 6.03. The minimum absolute atomic E-state index is 0.533. The molecule has 0 amide bonds. The molecular weight excluding hydrogens is 248 g/mol. The van der Waals surface area contributed by atoms with Gasteiger partial charge in [0.1, 0.15) is 5.82 Å². The zero-order chi connectivity index (χ0) is 9.26. The van der Waals surface area contributed by atoms with Gasteiger partial charge in [-0.15, -0.1) is 11.3 Å². The van der Waals surface area contributed by atoms with E-state index in [1.54, 1.807) is 17.5 Å². The molecule has 0 atom stereocenters. The molecule has 4 heteroatoms. The maximum Gasteiger partial charge on any atom is 0.138 e. The summed E-state index contributed by atoms with van der Waals surface area (Å²) in [6.45, 7) is 0.